The van der Waals surface area contributed by atoms with E-state index in [4.69, 9.17) is 0 Å². The van der Waals surface area contributed by atoms with E-state index in [2.05, 4.69) is 21.2 Å². The second-order valence-corrected chi connectivity index (χ2v) is 10.8. The highest BCUT2D eigenvalue weighted by atomic mass is 32.2. The molecule has 2 heterocycles. The highest BCUT2D eigenvalue weighted by Crippen LogP contribution is 2.23. The Labute approximate surface area is 178 Å². The van der Waals surface area contributed by atoms with Crippen LogP contribution < -0.4 is 4.90 Å². The summed E-state index contributed by atoms with van der Waals surface area (Å²) in [5.74, 6) is 0.971. The van der Waals surface area contributed by atoms with Crippen LogP contribution in [0.1, 0.15) is 37.1 Å². The van der Waals surface area contributed by atoms with Gasteiger partial charge in [0.2, 0.25) is 5.91 Å². The van der Waals surface area contributed by atoms with E-state index in [1.807, 2.05) is 4.90 Å². The van der Waals surface area contributed by atoms with Gasteiger partial charge in [-0.05, 0) is 62.4 Å². The molecule has 0 spiro atoms. The van der Waals surface area contributed by atoms with E-state index >= 15 is 0 Å². The zero-order valence-corrected chi connectivity index (χ0v) is 18.4. The van der Waals surface area contributed by atoms with Crippen molar-refractivity contribution in [3.8, 4) is 0 Å². The van der Waals surface area contributed by atoms with Crippen molar-refractivity contribution in [1.29, 1.82) is 0 Å². The number of carbonyl (C=O) groups excluding carboxylic acids is 1. The third-order valence-corrected chi connectivity index (χ3v) is 8.16. The first-order valence-corrected chi connectivity index (χ1v) is 12.1. The topological polar surface area (TPSA) is 83.5 Å². The molecule has 1 aromatic carbocycles. The Hall–Kier alpha value is -2.48. The van der Waals surface area contributed by atoms with Crippen LogP contribution >= 0.6 is 0 Å². The fourth-order valence-electron chi connectivity index (χ4n) is 4.01. The quantitative estimate of drug-likeness (QED) is 0.725. The predicted octanol–water partition coefficient (Wildman–Crippen LogP) is 2.04. The number of sulfone groups is 1. The normalized spacial score (nSPS) is 16.8. The van der Waals surface area contributed by atoms with Gasteiger partial charge in [0.25, 0.3) is 0 Å². The van der Waals surface area contributed by atoms with Crippen molar-refractivity contribution in [3.05, 3.63) is 47.2 Å². The monoisotopic (exact) mass is 428 g/mol. The van der Waals surface area contributed by atoms with Crippen molar-refractivity contribution < 1.29 is 13.2 Å². The average Bonchev–Trinajstić information content (AvgIpc) is 3.22. The summed E-state index contributed by atoms with van der Waals surface area (Å²) in [7, 11) is -3.29. The zero-order chi connectivity index (χ0) is 21.3. The summed E-state index contributed by atoms with van der Waals surface area (Å²) in [5.41, 5.74) is 3.26. The fourth-order valence-corrected chi connectivity index (χ4v) is 5.07. The predicted molar refractivity (Wildman–Crippen MR) is 115 cm³/mol. The summed E-state index contributed by atoms with van der Waals surface area (Å²) in [4.78, 5) is 17.1. The highest BCUT2D eigenvalue weighted by molar-refractivity contribution is 7.92. The van der Waals surface area contributed by atoms with Crippen molar-refractivity contribution >= 4 is 21.6 Å². The van der Waals surface area contributed by atoms with Crippen LogP contribution in [0, 0.1) is 0 Å². The number of aromatic nitrogens is 2. The molecule has 1 aliphatic carbocycles. The summed E-state index contributed by atoms with van der Waals surface area (Å²) in [5, 5.41) is 8.28. The van der Waals surface area contributed by atoms with Gasteiger partial charge in [-0.25, -0.2) is 8.42 Å². The maximum atomic E-state index is 12.7. The maximum absolute atomic E-state index is 12.7. The van der Waals surface area contributed by atoms with Gasteiger partial charge in [-0.2, -0.15) is 5.10 Å². The highest BCUT2D eigenvalue weighted by Gasteiger charge is 2.24. The largest absolute Gasteiger partial charge is 0.352 e. The molecule has 1 fully saturated rings. The Balaban J connectivity index is 1.33. The van der Waals surface area contributed by atoms with Crippen LogP contribution in [-0.2, 0) is 33.9 Å². The number of piperazine rings is 1. The van der Waals surface area contributed by atoms with Crippen LogP contribution in [0.15, 0.2) is 35.2 Å². The molecule has 0 atom stereocenters. The number of hydrogen-bond acceptors (Lipinski definition) is 6. The van der Waals surface area contributed by atoms with Gasteiger partial charge in [0.05, 0.1) is 22.3 Å². The van der Waals surface area contributed by atoms with Gasteiger partial charge < -0.3 is 9.80 Å². The van der Waals surface area contributed by atoms with Gasteiger partial charge in [-0.1, -0.05) is 12.1 Å². The summed E-state index contributed by atoms with van der Waals surface area (Å²) in [6.07, 6.45) is 3.53. The molecule has 1 amide bonds. The number of anilines is 1. The molecule has 0 bridgehead atoms. The Morgan fingerprint density at radius 1 is 1.03 bits per heavy atom. The van der Waals surface area contributed by atoms with Crippen molar-refractivity contribution in [2.45, 2.75) is 49.7 Å². The van der Waals surface area contributed by atoms with Gasteiger partial charge >= 0.3 is 0 Å². The lowest BCUT2D eigenvalue weighted by molar-refractivity contribution is -0.130. The number of hydrogen-bond donors (Lipinski definition) is 0. The molecule has 4 rings (SSSR count). The number of benzene rings is 1. The van der Waals surface area contributed by atoms with E-state index in [-0.39, 0.29) is 12.3 Å². The third-order valence-electron chi connectivity index (χ3n) is 5.99. The maximum Gasteiger partial charge on any atom is 0.227 e. The lowest BCUT2D eigenvalue weighted by atomic mass is 10.1. The van der Waals surface area contributed by atoms with Crippen molar-refractivity contribution in [3.63, 3.8) is 0 Å². The number of amides is 1. The van der Waals surface area contributed by atoms with E-state index < -0.39 is 15.1 Å². The minimum Gasteiger partial charge on any atom is -0.352 e. The smallest absolute Gasteiger partial charge is 0.227 e. The molecule has 7 nitrogen and oxygen atoms in total. The number of nitrogens with zero attached hydrogens (tertiary/aromatic N) is 4. The second-order valence-electron chi connectivity index (χ2n) is 8.31. The summed E-state index contributed by atoms with van der Waals surface area (Å²) in [6, 6.07) is 8.83. The van der Waals surface area contributed by atoms with Gasteiger partial charge in [0.1, 0.15) is 0 Å². The standard InChI is InChI=1S/C22H28N4O3S/c1-16(2)30(28,29)19-8-6-17(7-9-19)14-22(27)26-12-10-25(11-13-26)21-15-18-4-3-5-20(18)23-24-21/h6-9,15-16H,3-5,10-14H2,1-2H3. The second kappa shape index (κ2) is 8.34. The van der Waals surface area contributed by atoms with Crippen LogP contribution in [0.2, 0.25) is 0 Å². The third kappa shape index (κ3) is 4.19. The van der Waals surface area contributed by atoms with E-state index in [1.165, 1.54) is 5.56 Å². The van der Waals surface area contributed by atoms with Gasteiger partial charge in [-0.3, -0.25) is 4.79 Å². The van der Waals surface area contributed by atoms with E-state index in [0.29, 0.717) is 18.0 Å². The van der Waals surface area contributed by atoms with Crippen molar-refractivity contribution in [2.24, 2.45) is 0 Å². The number of rotatable bonds is 5. The Morgan fingerprint density at radius 2 is 1.73 bits per heavy atom. The molecule has 8 heteroatoms. The lowest BCUT2D eigenvalue weighted by Crippen LogP contribution is -2.49. The van der Waals surface area contributed by atoms with Crippen LogP contribution in [0.4, 0.5) is 5.82 Å². The molecule has 1 saturated heterocycles. The Bertz CT molecular complexity index is 1030. The van der Waals surface area contributed by atoms with E-state index in [0.717, 1.165) is 49.4 Å². The number of aryl methyl sites for hydroxylation is 2. The zero-order valence-electron chi connectivity index (χ0n) is 17.5. The SMILES string of the molecule is CC(C)S(=O)(=O)c1ccc(CC(=O)N2CCN(c3cc4c(nn3)CCC4)CC2)cc1. The Morgan fingerprint density at radius 3 is 2.40 bits per heavy atom. The van der Waals surface area contributed by atoms with Crippen LogP contribution in [0.25, 0.3) is 0 Å². The average molecular weight is 429 g/mol. The molecule has 2 aromatic rings. The van der Waals surface area contributed by atoms with E-state index in [9.17, 15) is 13.2 Å². The molecule has 2 aliphatic rings. The molecular weight excluding hydrogens is 400 g/mol. The molecule has 30 heavy (non-hydrogen) atoms. The van der Waals surface area contributed by atoms with Gasteiger partial charge in [0.15, 0.2) is 15.7 Å². The molecule has 160 valence electrons. The minimum atomic E-state index is -3.29. The number of fused-ring (bicyclic) bond motifs is 1. The van der Waals surface area contributed by atoms with Crippen LogP contribution in [0.3, 0.4) is 0 Å². The number of carbonyl (C=O) groups is 1. The van der Waals surface area contributed by atoms with Gasteiger partial charge in [-0.15, -0.1) is 5.10 Å². The van der Waals surface area contributed by atoms with Gasteiger partial charge in [0, 0.05) is 26.2 Å². The first-order chi connectivity index (χ1) is 14.3. The van der Waals surface area contributed by atoms with Crippen molar-refractivity contribution in [2.75, 3.05) is 31.1 Å². The molecular formula is C22H28N4O3S. The molecule has 0 radical (unpaired) electrons. The molecule has 0 unspecified atom stereocenters. The molecule has 0 N–H and O–H groups in total. The first-order valence-electron chi connectivity index (χ1n) is 10.6. The summed E-state index contributed by atoms with van der Waals surface area (Å²) in [6.45, 7) is 6.12. The summed E-state index contributed by atoms with van der Waals surface area (Å²) >= 11 is 0. The molecule has 1 aliphatic heterocycles. The van der Waals surface area contributed by atoms with E-state index in [1.54, 1.807) is 38.1 Å². The Kier molecular flexibility index (Phi) is 5.77. The van der Waals surface area contributed by atoms with Crippen LogP contribution in [0.5, 0.6) is 0 Å². The molecule has 0 saturated carbocycles. The minimum absolute atomic E-state index is 0.0640. The lowest BCUT2D eigenvalue weighted by Gasteiger charge is -2.35. The first kappa shape index (κ1) is 20.8. The summed E-state index contributed by atoms with van der Waals surface area (Å²) < 4.78 is 24.5. The van der Waals surface area contributed by atoms with Crippen molar-refractivity contribution in [1.82, 2.24) is 15.1 Å². The molecule has 1 aromatic heterocycles. The van der Waals surface area contributed by atoms with Crippen LogP contribution in [-0.4, -0.2) is 60.9 Å². The fraction of sp³-hybridized carbons (Fsp3) is 0.500.